The molecule has 0 radical (unpaired) electrons. The number of esters is 1. The van der Waals surface area contributed by atoms with Crippen LogP contribution in [0.15, 0.2) is 48.5 Å². The standard InChI is InChI=1S/C21H22N2O5/c1-14-6-8-17(9-7-14)23-12-15(10-20(23)25)21(26)28-13-19(24)22-16-4-3-5-18(11-16)27-2/h3-9,11,15H,10,12-13H2,1-2H3,(H,22,24)/t15-/m1/s1. The molecule has 0 saturated carbocycles. The van der Waals surface area contributed by atoms with E-state index in [0.717, 1.165) is 11.3 Å². The van der Waals surface area contributed by atoms with Crippen molar-refractivity contribution in [2.24, 2.45) is 5.92 Å². The van der Waals surface area contributed by atoms with Gasteiger partial charge in [0.2, 0.25) is 5.91 Å². The van der Waals surface area contributed by atoms with Crippen molar-refractivity contribution >= 4 is 29.2 Å². The first-order valence-electron chi connectivity index (χ1n) is 8.94. The molecule has 0 aromatic heterocycles. The Morgan fingerprint density at radius 2 is 1.93 bits per heavy atom. The summed E-state index contributed by atoms with van der Waals surface area (Å²) in [6.07, 6.45) is 0.0736. The SMILES string of the molecule is COc1cccc(NC(=O)COC(=O)[C@@H]2CC(=O)N(c3ccc(C)cc3)C2)c1. The van der Waals surface area contributed by atoms with E-state index in [-0.39, 0.29) is 18.9 Å². The van der Waals surface area contributed by atoms with Crippen LogP contribution in [0.5, 0.6) is 5.75 Å². The van der Waals surface area contributed by atoms with Gasteiger partial charge in [-0.2, -0.15) is 0 Å². The maximum absolute atomic E-state index is 12.3. The third-order valence-electron chi connectivity index (χ3n) is 4.50. The Balaban J connectivity index is 1.51. The Bertz CT molecular complexity index is 879. The number of ether oxygens (including phenoxy) is 2. The normalized spacial score (nSPS) is 16.0. The summed E-state index contributed by atoms with van der Waals surface area (Å²) >= 11 is 0. The number of methoxy groups -OCH3 is 1. The minimum Gasteiger partial charge on any atom is -0.497 e. The maximum atomic E-state index is 12.3. The van der Waals surface area contributed by atoms with Crippen LogP contribution in [0.1, 0.15) is 12.0 Å². The molecule has 1 atom stereocenters. The molecule has 1 aliphatic rings. The summed E-state index contributed by atoms with van der Waals surface area (Å²) in [6, 6.07) is 14.4. The molecule has 0 aliphatic carbocycles. The van der Waals surface area contributed by atoms with Gasteiger partial charge in [-0.1, -0.05) is 23.8 Å². The zero-order valence-corrected chi connectivity index (χ0v) is 15.8. The predicted molar refractivity (Wildman–Crippen MR) is 104 cm³/mol. The Labute approximate surface area is 163 Å². The number of carbonyl (C=O) groups excluding carboxylic acids is 3. The summed E-state index contributed by atoms with van der Waals surface area (Å²) in [5.74, 6) is -1.12. The minimum atomic E-state index is -0.585. The zero-order chi connectivity index (χ0) is 20.1. The zero-order valence-electron chi connectivity index (χ0n) is 15.8. The first kappa shape index (κ1) is 19.4. The maximum Gasteiger partial charge on any atom is 0.311 e. The fourth-order valence-corrected chi connectivity index (χ4v) is 2.99. The number of rotatable bonds is 6. The van der Waals surface area contributed by atoms with E-state index in [0.29, 0.717) is 11.4 Å². The van der Waals surface area contributed by atoms with Gasteiger partial charge in [-0.25, -0.2) is 0 Å². The van der Waals surface area contributed by atoms with Crippen LogP contribution >= 0.6 is 0 Å². The molecule has 1 fully saturated rings. The van der Waals surface area contributed by atoms with Gasteiger partial charge in [0, 0.05) is 30.4 Å². The van der Waals surface area contributed by atoms with Gasteiger partial charge in [0.05, 0.1) is 13.0 Å². The van der Waals surface area contributed by atoms with Crippen molar-refractivity contribution in [2.45, 2.75) is 13.3 Å². The highest BCUT2D eigenvalue weighted by Crippen LogP contribution is 2.26. The van der Waals surface area contributed by atoms with Crippen LogP contribution in [-0.4, -0.2) is 38.0 Å². The highest BCUT2D eigenvalue weighted by atomic mass is 16.5. The first-order chi connectivity index (χ1) is 13.5. The summed E-state index contributed by atoms with van der Waals surface area (Å²) in [4.78, 5) is 38.1. The average molecular weight is 382 g/mol. The monoisotopic (exact) mass is 382 g/mol. The number of nitrogens with zero attached hydrogens (tertiary/aromatic N) is 1. The molecule has 146 valence electrons. The van der Waals surface area contributed by atoms with Gasteiger partial charge in [-0.15, -0.1) is 0 Å². The number of carbonyl (C=O) groups is 3. The average Bonchev–Trinajstić information content (AvgIpc) is 3.08. The number of hydrogen-bond acceptors (Lipinski definition) is 5. The fourth-order valence-electron chi connectivity index (χ4n) is 2.99. The van der Waals surface area contributed by atoms with E-state index in [1.54, 1.807) is 29.2 Å². The molecule has 1 N–H and O–H groups in total. The smallest absolute Gasteiger partial charge is 0.311 e. The highest BCUT2D eigenvalue weighted by Gasteiger charge is 2.36. The van der Waals surface area contributed by atoms with Gasteiger partial charge in [0.25, 0.3) is 5.91 Å². The van der Waals surface area contributed by atoms with E-state index in [1.165, 1.54) is 7.11 Å². The van der Waals surface area contributed by atoms with Crippen molar-refractivity contribution in [1.82, 2.24) is 0 Å². The molecule has 3 rings (SSSR count). The third-order valence-corrected chi connectivity index (χ3v) is 4.50. The second kappa shape index (κ2) is 8.56. The molecule has 2 aromatic rings. The topological polar surface area (TPSA) is 84.9 Å². The number of amides is 2. The van der Waals surface area contributed by atoms with Crippen LogP contribution in [0, 0.1) is 12.8 Å². The van der Waals surface area contributed by atoms with Gasteiger partial charge in [-0.3, -0.25) is 14.4 Å². The lowest BCUT2D eigenvalue weighted by Crippen LogP contribution is -2.28. The fraction of sp³-hybridized carbons (Fsp3) is 0.286. The molecule has 0 spiro atoms. The molecule has 7 nitrogen and oxygen atoms in total. The molecular formula is C21H22N2O5. The Hall–Kier alpha value is -3.35. The Morgan fingerprint density at radius 3 is 2.64 bits per heavy atom. The van der Waals surface area contributed by atoms with Crippen LogP contribution in [0.3, 0.4) is 0 Å². The molecule has 0 bridgehead atoms. The lowest BCUT2D eigenvalue weighted by Gasteiger charge is -2.16. The van der Waals surface area contributed by atoms with Gasteiger partial charge in [0.15, 0.2) is 6.61 Å². The number of aryl methyl sites for hydroxylation is 1. The number of nitrogens with one attached hydrogen (secondary N) is 1. The summed E-state index contributed by atoms with van der Waals surface area (Å²) in [6.45, 7) is 1.80. The van der Waals surface area contributed by atoms with Crippen molar-refractivity contribution < 1.29 is 23.9 Å². The van der Waals surface area contributed by atoms with Crippen LogP contribution in [0.4, 0.5) is 11.4 Å². The summed E-state index contributed by atoms with van der Waals surface area (Å²) < 4.78 is 10.2. The van der Waals surface area contributed by atoms with Gasteiger partial charge >= 0.3 is 5.97 Å². The number of anilines is 2. The lowest BCUT2D eigenvalue weighted by atomic mass is 10.1. The largest absolute Gasteiger partial charge is 0.497 e. The van der Waals surface area contributed by atoms with Gasteiger partial charge < -0.3 is 19.7 Å². The van der Waals surface area contributed by atoms with Crippen molar-refractivity contribution in [2.75, 3.05) is 30.5 Å². The van der Waals surface area contributed by atoms with Crippen LogP contribution < -0.4 is 15.0 Å². The molecule has 28 heavy (non-hydrogen) atoms. The predicted octanol–water partition coefficient (Wildman–Crippen LogP) is 2.54. The summed E-state index contributed by atoms with van der Waals surface area (Å²) in [5, 5.41) is 2.64. The second-order valence-corrected chi connectivity index (χ2v) is 6.63. The molecule has 1 saturated heterocycles. The van der Waals surface area contributed by atoms with E-state index in [2.05, 4.69) is 5.32 Å². The van der Waals surface area contributed by atoms with E-state index < -0.39 is 24.4 Å². The first-order valence-corrected chi connectivity index (χ1v) is 8.94. The molecule has 1 aliphatic heterocycles. The van der Waals surface area contributed by atoms with Crippen LogP contribution in [0.25, 0.3) is 0 Å². The molecule has 2 aromatic carbocycles. The van der Waals surface area contributed by atoms with Crippen molar-refractivity contribution in [1.29, 1.82) is 0 Å². The van der Waals surface area contributed by atoms with Crippen molar-refractivity contribution in [3.63, 3.8) is 0 Å². The molecule has 0 unspecified atom stereocenters. The van der Waals surface area contributed by atoms with Crippen LogP contribution in [0.2, 0.25) is 0 Å². The van der Waals surface area contributed by atoms with E-state index in [1.807, 2.05) is 31.2 Å². The van der Waals surface area contributed by atoms with Crippen molar-refractivity contribution in [3.8, 4) is 5.75 Å². The number of benzene rings is 2. The van der Waals surface area contributed by atoms with E-state index >= 15 is 0 Å². The third kappa shape index (κ3) is 4.68. The molecule has 1 heterocycles. The molecule has 2 amide bonds. The minimum absolute atomic E-state index is 0.0736. The summed E-state index contributed by atoms with van der Waals surface area (Å²) in [7, 11) is 1.53. The Kier molecular flexibility index (Phi) is 5.93. The van der Waals surface area contributed by atoms with Gasteiger partial charge in [0.1, 0.15) is 5.75 Å². The van der Waals surface area contributed by atoms with Gasteiger partial charge in [-0.05, 0) is 31.2 Å². The molecular weight excluding hydrogens is 360 g/mol. The quantitative estimate of drug-likeness (QED) is 0.776. The highest BCUT2D eigenvalue weighted by molar-refractivity contribution is 6.00. The van der Waals surface area contributed by atoms with E-state index in [4.69, 9.17) is 9.47 Å². The summed E-state index contributed by atoms with van der Waals surface area (Å²) in [5.41, 5.74) is 2.39. The van der Waals surface area contributed by atoms with Crippen LogP contribution in [-0.2, 0) is 19.1 Å². The van der Waals surface area contributed by atoms with E-state index in [9.17, 15) is 14.4 Å². The van der Waals surface area contributed by atoms with Crippen molar-refractivity contribution in [3.05, 3.63) is 54.1 Å². The Morgan fingerprint density at radius 1 is 1.18 bits per heavy atom. The lowest BCUT2D eigenvalue weighted by molar-refractivity contribution is -0.151. The molecule has 7 heteroatoms. The second-order valence-electron chi connectivity index (χ2n) is 6.63. The number of hydrogen-bond donors (Lipinski definition) is 1.